The summed E-state index contributed by atoms with van der Waals surface area (Å²) in [7, 11) is -3.44. The molecule has 6 nitrogen and oxygen atoms in total. The highest BCUT2D eigenvalue weighted by atomic mass is 32.2. The number of ether oxygens (including phenoxy) is 1. The Morgan fingerprint density at radius 3 is 2.38 bits per heavy atom. The fourth-order valence-corrected chi connectivity index (χ4v) is 3.61. The Labute approximate surface area is 124 Å². The van der Waals surface area contributed by atoms with Gasteiger partial charge in [-0.15, -0.1) is 0 Å². The maximum atomic E-state index is 12.2. The van der Waals surface area contributed by atoms with Gasteiger partial charge >= 0.3 is 0 Å². The van der Waals surface area contributed by atoms with Crippen molar-refractivity contribution in [3.05, 3.63) is 30.3 Å². The maximum Gasteiger partial charge on any atom is 0.300 e. The summed E-state index contributed by atoms with van der Waals surface area (Å²) in [6, 6.07) is 8.30. The van der Waals surface area contributed by atoms with E-state index in [1.54, 1.807) is 30.3 Å². The lowest BCUT2D eigenvalue weighted by Crippen LogP contribution is -2.35. The molecule has 7 heteroatoms. The minimum Gasteiger partial charge on any atom is -0.481 e. The molecule has 1 saturated heterocycles. The number of hydrogen-bond acceptors (Lipinski definition) is 5. The quantitative estimate of drug-likeness (QED) is 0.875. The fraction of sp³-hybridized carbons (Fsp3) is 0.500. The van der Waals surface area contributed by atoms with Crippen molar-refractivity contribution in [1.29, 1.82) is 0 Å². The molecular formula is C14H20O6S. The Morgan fingerprint density at radius 1 is 1.29 bits per heavy atom. The first-order valence-electron chi connectivity index (χ1n) is 6.62. The van der Waals surface area contributed by atoms with Gasteiger partial charge in [0.2, 0.25) is 9.84 Å². The Bertz CT molecular complexity index is 536. The Hall–Kier alpha value is -1.44. The van der Waals surface area contributed by atoms with E-state index in [2.05, 4.69) is 0 Å². The number of aliphatic carboxylic acids is 1. The van der Waals surface area contributed by atoms with E-state index < -0.39 is 21.2 Å². The molecule has 0 radical (unpaired) electrons. The van der Waals surface area contributed by atoms with Gasteiger partial charge in [0.15, 0.2) is 5.44 Å². The van der Waals surface area contributed by atoms with Crippen molar-refractivity contribution in [2.75, 3.05) is 6.61 Å². The summed E-state index contributed by atoms with van der Waals surface area (Å²) in [6.45, 7) is 0.959. The van der Waals surface area contributed by atoms with Crippen LogP contribution in [0.5, 0.6) is 0 Å². The van der Waals surface area contributed by atoms with Crippen LogP contribution in [0.2, 0.25) is 0 Å². The number of rotatable bonds is 3. The molecule has 0 aromatic heterocycles. The van der Waals surface area contributed by atoms with E-state index in [0.29, 0.717) is 6.42 Å². The van der Waals surface area contributed by atoms with E-state index in [0.717, 1.165) is 19.8 Å². The summed E-state index contributed by atoms with van der Waals surface area (Å²) in [5.41, 5.74) is -0.823. The van der Waals surface area contributed by atoms with E-state index in [4.69, 9.17) is 19.7 Å². The third-order valence-corrected chi connectivity index (χ3v) is 4.90. The molecule has 2 rings (SSSR count). The van der Waals surface area contributed by atoms with Gasteiger partial charge in [0.25, 0.3) is 5.97 Å². The van der Waals surface area contributed by atoms with Crippen LogP contribution < -0.4 is 0 Å². The Balaban J connectivity index is 0.000000491. The zero-order valence-electron chi connectivity index (χ0n) is 11.8. The molecular weight excluding hydrogens is 296 g/mol. The van der Waals surface area contributed by atoms with Crippen molar-refractivity contribution in [2.24, 2.45) is 0 Å². The largest absolute Gasteiger partial charge is 0.481 e. The van der Waals surface area contributed by atoms with Crippen molar-refractivity contribution in [2.45, 2.75) is 42.6 Å². The number of aliphatic hydroxyl groups is 1. The van der Waals surface area contributed by atoms with Crippen LogP contribution in [0.1, 0.15) is 26.2 Å². The number of carbonyl (C=O) groups is 1. The molecule has 0 aliphatic carbocycles. The highest BCUT2D eigenvalue weighted by molar-refractivity contribution is 7.91. The predicted molar refractivity (Wildman–Crippen MR) is 76.5 cm³/mol. The number of aliphatic hydroxyl groups excluding tert-OH is 1. The van der Waals surface area contributed by atoms with Gasteiger partial charge in [0.05, 0.1) is 17.6 Å². The molecule has 1 heterocycles. The van der Waals surface area contributed by atoms with Gasteiger partial charge in [-0.05, 0) is 31.4 Å². The second-order valence-corrected chi connectivity index (χ2v) is 6.77. The lowest BCUT2D eigenvalue weighted by molar-refractivity contribution is -0.134. The lowest BCUT2D eigenvalue weighted by atomic mass is 10.1. The number of carboxylic acids is 1. The van der Waals surface area contributed by atoms with Crippen LogP contribution in [0.4, 0.5) is 0 Å². The third-order valence-electron chi connectivity index (χ3n) is 2.93. The SMILES string of the molecule is CC(=O)O.O=S(=O)(c1ccccc1)[C@H]1CCC[C@H](CO)O1. The molecule has 118 valence electrons. The molecule has 1 aromatic carbocycles. The van der Waals surface area contributed by atoms with Crippen molar-refractivity contribution in [3.63, 3.8) is 0 Å². The average molecular weight is 316 g/mol. The van der Waals surface area contributed by atoms with E-state index in [1.165, 1.54) is 0 Å². The lowest BCUT2D eigenvalue weighted by Gasteiger charge is -2.28. The van der Waals surface area contributed by atoms with Crippen LogP contribution in [0.25, 0.3) is 0 Å². The van der Waals surface area contributed by atoms with Crippen LogP contribution in [-0.4, -0.2) is 42.7 Å². The second-order valence-electron chi connectivity index (χ2n) is 4.68. The highest BCUT2D eigenvalue weighted by Gasteiger charge is 2.33. The molecule has 2 atom stereocenters. The molecule has 1 aromatic rings. The van der Waals surface area contributed by atoms with Crippen LogP contribution in [0.3, 0.4) is 0 Å². The topological polar surface area (TPSA) is 101 Å². The number of carboxylic acid groups (broad SMARTS) is 1. The highest BCUT2D eigenvalue weighted by Crippen LogP contribution is 2.27. The average Bonchev–Trinajstić information content (AvgIpc) is 2.47. The Kier molecular flexibility index (Phi) is 6.80. The molecule has 0 unspecified atom stereocenters. The van der Waals surface area contributed by atoms with E-state index in [9.17, 15) is 8.42 Å². The summed E-state index contributed by atoms with van der Waals surface area (Å²) in [6.07, 6.45) is 1.62. The van der Waals surface area contributed by atoms with Crippen molar-refractivity contribution in [3.8, 4) is 0 Å². The molecule has 1 aliphatic rings. The molecule has 1 fully saturated rings. The number of benzene rings is 1. The van der Waals surface area contributed by atoms with Crippen LogP contribution in [-0.2, 0) is 19.4 Å². The normalized spacial score (nSPS) is 22.0. The molecule has 0 spiro atoms. The van der Waals surface area contributed by atoms with E-state index in [-0.39, 0.29) is 17.6 Å². The maximum absolute atomic E-state index is 12.2. The first-order chi connectivity index (χ1) is 9.87. The zero-order chi connectivity index (χ0) is 15.9. The smallest absolute Gasteiger partial charge is 0.300 e. The second kappa shape index (κ2) is 8.11. The predicted octanol–water partition coefficient (Wildman–Crippen LogP) is 1.44. The van der Waals surface area contributed by atoms with Crippen LogP contribution in [0, 0.1) is 0 Å². The summed E-state index contributed by atoms with van der Waals surface area (Å²) in [5.74, 6) is -0.833. The molecule has 0 bridgehead atoms. The summed E-state index contributed by atoms with van der Waals surface area (Å²) in [5, 5.41) is 16.4. The first kappa shape index (κ1) is 17.6. The van der Waals surface area contributed by atoms with E-state index in [1.807, 2.05) is 0 Å². The summed E-state index contributed by atoms with van der Waals surface area (Å²) in [4.78, 5) is 9.28. The molecule has 0 saturated carbocycles. The standard InChI is InChI=1S/C12H16O4S.C2H4O2/c13-9-10-5-4-8-12(16-10)17(14,15)11-6-2-1-3-7-11;1-2(3)4/h1-3,6-7,10,12-13H,4-5,8-9H2;1H3,(H,3,4)/t10-,12+;/m1./s1. The molecule has 2 N–H and O–H groups in total. The van der Waals surface area contributed by atoms with Gasteiger partial charge in [0, 0.05) is 6.92 Å². The minimum absolute atomic E-state index is 0.124. The third kappa shape index (κ3) is 5.45. The van der Waals surface area contributed by atoms with Gasteiger partial charge in [0.1, 0.15) is 0 Å². The van der Waals surface area contributed by atoms with Crippen molar-refractivity contribution >= 4 is 15.8 Å². The number of hydrogen-bond donors (Lipinski definition) is 2. The number of sulfone groups is 1. The molecule has 1 aliphatic heterocycles. The van der Waals surface area contributed by atoms with Gasteiger partial charge in [-0.2, -0.15) is 0 Å². The molecule has 21 heavy (non-hydrogen) atoms. The van der Waals surface area contributed by atoms with Gasteiger partial charge in [-0.25, -0.2) is 8.42 Å². The van der Waals surface area contributed by atoms with Crippen LogP contribution >= 0.6 is 0 Å². The monoisotopic (exact) mass is 316 g/mol. The summed E-state index contributed by atoms with van der Waals surface area (Å²) >= 11 is 0. The van der Waals surface area contributed by atoms with Gasteiger partial charge in [-0.1, -0.05) is 18.2 Å². The molecule has 0 amide bonds. The van der Waals surface area contributed by atoms with Crippen molar-refractivity contribution < 1.29 is 28.2 Å². The van der Waals surface area contributed by atoms with E-state index >= 15 is 0 Å². The zero-order valence-corrected chi connectivity index (χ0v) is 12.6. The van der Waals surface area contributed by atoms with Crippen LogP contribution in [0.15, 0.2) is 35.2 Å². The fourth-order valence-electron chi connectivity index (χ4n) is 1.99. The van der Waals surface area contributed by atoms with Gasteiger partial charge < -0.3 is 14.9 Å². The summed E-state index contributed by atoms with van der Waals surface area (Å²) < 4.78 is 29.9. The minimum atomic E-state index is -3.44. The van der Waals surface area contributed by atoms with Gasteiger partial charge in [-0.3, -0.25) is 4.79 Å². The van der Waals surface area contributed by atoms with Crippen molar-refractivity contribution in [1.82, 2.24) is 0 Å². The first-order valence-corrected chi connectivity index (χ1v) is 8.17. The Morgan fingerprint density at radius 2 is 1.86 bits per heavy atom.